The van der Waals surface area contributed by atoms with Gasteiger partial charge in [-0.1, -0.05) is 47.0 Å². The molecule has 1 aliphatic heterocycles. The highest BCUT2D eigenvalue weighted by Crippen LogP contribution is 2.37. The Morgan fingerprint density at radius 1 is 1.10 bits per heavy atom. The SMILES string of the molecule is CCN1C(=O)/C(=C\c2ccc(-c3cccc(Cl)c3Cl)o2)SC1=Nc1ccc(C)cc1. The molecule has 1 saturated heterocycles. The number of amides is 1. The first-order valence-corrected chi connectivity index (χ1v) is 10.9. The molecule has 0 radical (unpaired) electrons. The van der Waals surface area contributed by atoms with Crippen molar-refractivity contribution >= 4 is 57.8 Å². The molecule has 4 nitrogen and oxygen atoms in total. The highest BCUT2D eigenvalue weighted by Gasteiger charge is 2.32. The lowest BCUT2D eigenvalue weighted by Crippen LogP contribution is -2.28. The molecule has 0 N–H and O–H groups in total. The summed E-state index contributed by atoms with van der Waals surface area (Å²) in [4.78, 5) is 19.7. The second-order valence-corrected chi connectivity index (χ2v) is 8.49. The predicted octanol–water partition coefficient (Wildman–Crippen LogP) is 7.19. The molecule has 30 heavy (non-hydrogen) atoms. The molecule has 2 aromatic carbocycles. The Labute approximate surface area is 189 Å². The number of likely N-dealkylation sites (N-methyl/N-ethyl adjacent to an activating group) is 1. The third-order valence-corrected chi connectivity index (χ3v) is 6.41. The molecule has 7 heteroatoms. The Hall–Kier alpha value is -2.47. The summed E-state index contributed by atoms with van der Waals surface area (Å²) in [6, 6.07) is 16.9. The molecule has 3 aromatic rings. The van der Waals surface area contributed by atoms with Gasteiger partial charge < -0.3 is 4.42 Å². The van der Waals surface area contributed by atoms with Gasteiger partial charge in [0.15, 0.2) is 5.17 Å². The molecule has 1 fully saturated rings. The number of hydrogen-bond acceptors (Lipinski definition) is 4. The topological polar surface area (TPSA) is 45.8 Å². The zero-order valence-corrected chi connectivity index (χ0v) is 18.7. The Bertz CT molecular complexity index is 1170. The summed E-state index contributed by atoms with van der Waals surface area (Å²) in [6.45, 7) is 4.49. The fourth-order valence-corrected chi connectivity index (χ4v) is 4.43. The number of nitrogens with zero attached hydrogens (tertiary/aromatic N) is 2. The van der Waals surface area contributed by atoms with Crippen molar-refractivity contribution < 1.29 is 9.21 Å². The van der Waals surface area contributed by atoms with Gasteiger partial charge in [-0.25, -0.2) is 4.99 Å². The first-order chi connectivity index (χ1) is 14.5. The van der Waals surface area contributed by atoms with E-state index in [1.807, 2.05) is 56.3 Å². The third kappa shape index (κ3) is 4.19. The van der Waals surface area contributed by atoms with Gasteiger partial charge in [0.05, 0.1) is 20.6 Å². The van der Waals surface area contributed by atoms with E-state index in [0.717, 1.165) is 11.3 Å². The van der Waals surface area contributed by atoms with Crippen molar-refractivity contribution in [3.63, 3.8) is 0 Å². The van der Waals surface area contributed by atoms with E-state index in [1.165, 1.54) is 11.8 Å². The van der Waals surface area contributed by atoms with Gasteiger partial charge in [0.25, 0.3) is 5.91 Å². The number of carbonyl (C=O) groups excluding carboxylic acids is 1. The molecule has 0 spiro atoms. The Morgan fingerprint density at radius 2 is 1.87 bits per heavy atom. The lowest BCUT2D eigenvalue weighted by atomic mass is 10.2. The number of hydrogen-bond donors (Lipinski definition) is 0. The quantitative estimate of drug-likeness (QED) is 0.390. The molecule has 0 aliphatic carbocycles. The number of furan rings is 1. The van der Waals surface area contributed by atoms with Gasteiger partial charge in [-0.3, -0.25) is 9.69 Å². The molecule has 0 unspecified atom stereocenters. The number of carbonyl (C=O) groups is 1. The van der Waals surface area contributed by atoms with Crippen LogP contribution in [0.2, 0.25) is 10.0 Å². The number of amidine groups is 1. The van der Waals surface area contributed by atoms with E-state index in [1.54, 1.807) is 23.1 Å². The summed E-state index contributed by atoms with van der Waals surface area (Å²) in [6.07, 6.45) is 1.73. The van der Waals surface area contributed by atoms with E-state index < -0.39 is 0 Å². The summed E-state index contributed by atoms with van der Waals surface area (Å²) < 4.78 is 5.91. The summed E-state index contributed by atoms with van der Waals surface area (Å²) in [5, 5.41) is 1.55. The first kappa shape index (κ1) is 20.8. The summed E-state index contributed by atoms with van der Waals surface area (Å²) in [7, 11) is 0. The summed E-state index contributed by atoms with van der Waals surface area (Å²) in [5.74, 6) is 1.06. The van der Waals surface area contributed by atoms with E-state index in [9.17, 15) is 4.79 Å². The van der Waals surface area contributed by atoms with Crippen molar-refractivity contribution in [2.75, 3.05) is 6.54 Å². The van der Waals surface area contributed by atoms with Crippen LogP contribution in [0.4, 0.5) is 5.69 Å². The number of benzene rings is 2. The van der Waals surface area contributed by atoms with Crippen molar-refractivity contribution in [1.29, 1.82) is 0 Å². The van der Waals surface area contributed by atoms with Crippen LogP contribution in [0, 0.1) is 6.92 Å². The van der Waals surface area contributed by atoms with E-state index in [2.05, 4.69) is 4.99 Å². The van der Waals surface area contributed by atoms with E-state index >= 15 is 0 Å². The second-order valence-electron chi connectivity index (χ2n) is 6.69. The molecule has 4 rings (SSSR count). The van der Waals surface area contributed by atoms with Gasteiger partial charge in [0.2, 0.25) is 0 Å². The van der Waals surface area contributed by atoms with E-state index in [0.29, 0.717) is 43.7 Å². The zero-order chi connectivity index (χ0) is 21.3. The van der Waals surface area contributed by atoms with Crippen molar-refractivity contribution in [3.8, 4) is 11.3 Å². The van der Waals surface area contributed by atoms with Gasteiger partial charge >= 0.3 is 0 Å². The van der Waals surface area contributed by atoms with E-state index in [4.69, 9.17) is 27.6 Å². The summed E-state index contributed by atoms with van der Waals surface area (Å²) in [5.41, 5.74) is 2.68. The zero-order valence-electron chi connectivity index (χ0n) is 16.4. The lowest BCUT2D eigenvalue weighted by molar-refractivity contribution is -0.122. The number of aliphatic imine (C=N–C) groups is 1. The molecule has 1 aromatic heterocycles. The van der Waals surface area contributed by atoms with Crippen LogP contribution >= 0.6 is 35.0 Å². The monoisotopic (exact) mass is 456 g/mol. The fourth-order valence-electron chi connectivity index (χ4n) is 3.00. The largest absolute Gasteiger partial charge is 0.457 e. The highest BCUT2D eigenvalue weighted by atomic mass is 35.5. The lowest BCUT2D eigenvalue weighted by Gasteiger charge is -2.11. The number of rotatable bonds is 4. The smallest absolute Gasteiger partial charge is 0.266 e. The van der Waals surface area contributed by atoms with Gasteiger partial charge in [-0.15, -0.1) is 0 Å². The van der Waals surface area contributed by atoms with Crippen LogP contribution in [0.25, 0.3) is 17.4 Å². The maximum Gasteiger partial charge on any atom is 0.266 e. The second kappa shape index (κ2) is 8.72. The molecular weight excluding hydrogens is 439 g/mol. The van der Waals surface area contributed by atoms with Crippen LogP contribution in [0.15, 0.2) is 68.9 Å². The first-order valence-electron chi connectivity index (χ1n) is 9.37. The maximum atomic E-state index is 12.8. The summed E-state index contributed by atoms with van der Waals surface area (Å²) >= 11 is 13.7. The van der Waals surface area contributed by atoms with Crippen LogP contribution in [0.1, 0.15) is 18.2 Å². The van der Waals surface area contributed by atoms with Crippen LogP contribution in [0.3, 0.4) is 0 Å². The van der Waals surface area contributed by atoms with Crippen molar-refractivity contribution in [2.24, 2.45) is 4.99 Å². The Kier molecular flexibility index (Phi) is 6.04. The Balaban J connectivity index is 1.63. The molecule has 0 bridgehead atoms. The van der Waals surface area contributed by atoms with Crippen molar-refractivity contribution in [2.45, 2.75) is 13.8 Å². The van der Waals surface area contributed by atoms with Gasteiger partial charge in [0, 0.05) is 18.2 Å². The fraction of sp³-hybridized carbons (Fsp3) is 0.130. The van der Waals surface area contributed by atoms with Crippen LogP contribution in [-0.4, -0.2) is 22.5 Å². The molecule has 1 aliphatic rings. The average Bonchev–Trinajstić information content (AvgIpc) is 3.30. The van der Waals surface area contributed by atoms with Crippen molar-refractivity contribution in [3.05, 3.63) is 80.9 Å². The molecule has 2 heterocycles. The minimum absolute atomic E-state index is 0.0906. The minimum Gasteiger partial charge on any atom is -0.457 e. The average molecular weight is 457 g/mol. The van der Waals surface area contributed by atoms with Crippen LogP contribution in [-0.2, 0) is 4.79 Å². The predicted molar refractivity (Wildman–Crippen MR) is 125 cm³/mol. The number of halogens is 2. The van der Waals surface area contributed by atoms with Crippen molar-refractivity contribution in [1.82, 2.24) is 4.90 Å². The molecular formula is C23H18Cl2N2O2S. The van der Waals surface area contributed by atoms with Gasteiger partial charge in [-0.2, -0.15) is 0 Å². The van der Waals surface area contributed by atoms with Crippen LogP contribution in [0.5, 0.6) is 0 Å². The number of thioether (sulfide) groups is 1. The third-order valence-electron chi connectivity index (χ3n) is 4.58. The normalized spacial score (nSPS) is 16.8. The van der Waals surface area contributed by atoms with Gasteiger partial charge in [0.1, 0.15) is 11.5 Å². The molecule has 1 amide bonds. The maximum absolute atomic E-state index is 12.8. The van der Waals surface area contributed by atoms with Crippen LogP contribution < -0.4 is 0 Å². The molecule has 152 valence electrons. The number of aryl methyl sites for hydroxylation is 1. The standard InChI is InChI=1S/C23H18Cl2N2O2S/c1-3-27-22(28)20(30-23(27)26-15-9-7-14(2)8-10-15)13-16-11-12-19(29-16)17-5-4-6-18(24)21(17)25/h4-13H,3H2,1-2H3/b20-13+,26-23?. The van der Waals surface area contributed by atoms with E-state index in [-0.39, 0.29) is 5.91 Å². The minimum atomic E-state index is -0.0906. The Morgan fingerprint density at radius 3 is 2.60 bits per heavy atom. The highest BCUT2D eigenvalue weighted by molar-refractivity contribution is 8.18. The molecule has 0 saturated carbocycles. The molecule has 0 atom stereocenters. The van der Waals surface area contributed by atoms with Gasteiger partial charge in [-0.05, 0) is 62.0 Å².